The van der Waals surface area contributed by atoms with Crippen LogP contribution in [0, 0.1) is 11.8 Å². The van der Waals surface area contributed by atoms with Gasteiger partial charge in [0.15, 0.2) is 0 Å². The predicted molar refractivity (Wildman–Crippen MR) is 121 cm³/mol. The number of benzene rings is 3. The summed E-state index contributed by atoms with van der Waals surface area (Å²) in [6.07, 6.45) is 1.78. The van der Waals surface area contributed by atoms with E-state index in [1.165, 1.54) is 22.3 Å². The molecule has 0 unspecified atom stereocenters. The molecule has 0 fully saturated rings. The van der Waals surface area contributed by atoms with Crippen molar-refractivity contribution in [1.82, 2.24) is 5.32 Å². The maximum Gasteiger partial charge on any atom is 0.407 e. The van der Waals surface area contributed by atoms with Crippen LogP contribution in [-0.2, 0) is 4.74 Å². The Bertz CT molecular complexity index is 1260. The Morgan fingerprint density at radius 3 is 2.39 bits per heavy atom. The molecular formula is C27H21NO3. The van der Waals surface area contributed by atoms with Crippen LogP contribution in [-0.4, -0.2) is 19.2 Å². The van der Waals surface area contributed by atoms with Crippen LogP contribution in [0.2, 0.25) is 0 Å². The summed E-state index contributed by atoms with van der Waals surface area (Å²) in [5.74, 6) is 6.24. The Hall–Kier alpha value is -3.97. The van der Waals surface area contributed by atoms with Crippen molar-refractivity contribution >= 4 is 17.1 Å². The molecule has 0 aliphatic heterocycles. The highest BCUT2D eigenvalue weighted by Gasteiger charge is 2.28. The van der Waals surface area contributed by atoms with Crippen molar-refractivity contribution in [3.63, 3.8) is 0 Å². The summed E-state index contributed by atoms with van der Waals surface area (Å²) < 4.78 is 11.0. The van der Waals surface area contributed by atoms with Crippen molar-refractivity contribution in [3.8, 4) is 23.0 Å². The van der Waals surface area contributed by atoms with Gasteiger partial charge < -0.3 is 14.5 Å². The van der Waals surface area contributed by atoms with Gasteiger partial charge in [-0.2, -0.15) is 0 Å². The van der Waals surface area contributed by atoms with Crippen LogP contribution in [0.15, 0.2) is 83.5 Å². The van der Waals surface area contributed by atoms with E-state index in [2.05, 4.69) is 41.4 Å². The molecule has 4 heteroatoms. The molecule has 1 aromatic heterocycles. The van der Waals surface area contributed by atoms with E-state index in [-0.39, 0.29) is 5.92 Å². The zero-order valence-corrected chi connectivity index (χ0v) is 16.9. The van der Waals surface area contributed by atoms with E-state index in [4.69, 9.17) is 9.15 Å². The highest BCUT2D eigenvalue weighted by molar-refractivity contribution is 5.84. The van der Waals surface area contributed by atoms with Crippen molar-refractivity contribution in [2.24, 2.45) is 0 Å². The van der Waals surface area contributed by atoms with Crippen molar-refractivity contribution in [2.45, 2.75) is 12.3 Å². The molecule has 0 spiro atoms. The number of alkyl carbamates (subject to hydrolysis) is 1. The second kappa shape index (κ2) is 8.41. The lowest BCUT2D eigenvalue weighted by Crippen LogP contribution is -2.26. The lowest BCUT2D eigenvalue weighted by atomic mass is 9.98. The molecular weight excluding hydrogens is 386 g/mol. The van der Waals surface area contributed by atoms with E-state index in [9.17, 15) is 4.79 Å². The fraction of sp³-hybridized carbons (Fsp3) is 0.148. The second-order valence-corrected chi connectivity index (χ2v) is 7.45. The van der Waals surface area contributed by atoms with Gasteiger partial charge in [-0.1, -0.05) is 72.5 Å². The molecule has 0 radical (unpaired) electrons. The molecule has 0 saturated heterocycles. The molecule has 0 atom stereocenters. The van der Waals surface area contributed by atoms with Gasteiger partial charge in [0, 0.05) is 24.3 Å². The number of carbonyl (C=O) groups excluding carboxylic acids is 1. The monoisotopic (exact) mass is 407 g/mol. The summed E-state index contributed by atoms with van der Waals surface area (Å²) in [4.78, 5) is 12.2. The van der Waals surface area contributed by atoms with Crippen molar-refractivity contribution in [1.29, 1.82) is 0 Å². The van der Waals surface area contributed by atoms with Crippen molar-refractivity contribution in [3.05, 3.63) is 95.7 Å². The number of ether oxygens (including phenoxy) is 1. The van der Waals surface area contributed by atoms with E-state index in [1.807, 2.05) is 48.5 Å². The highest BCUT2D eigenvalue weighted by atomic mass is 16.5. The standard InChI is InChI=1S/C27H21NO3/c29-27(28-16-8-7-9-19-17-30-26-15-6-5-10-20(19)26)31-18-25-23-13-3-1-11-21(23)22-12-2-4-14-24(22)25/h1-6,10-15,17,25H,8,16,18H2,(H,28,29). The van der Waals surface area contributed by atoms with Crippen LogP contribution < -0.4 is 5.32 Å². The van der Waals surface area contributed by atoms with Crippen LogP contribution >= 0.6 is 0 Å². The SMILES string of the molecule is O=C(NCCC#Cc1coc2ccccc12)OCC1c2ccccc2-c2ccccc21. The van der Waals surface area contributed by atoms with Gasteiger partial charge in [-0.05, 0) is 34.4 Å². The first-order valence-corrected chi connectivity index (χ1v) is 10.4. The summed E-state index contributed by atoms with van der Waals surface area (Å²) in [5, 5.41) is 3.78. The second-order valence-electron chi connectivity index (χ2n) is 7.45. The van der Waals surface area contributed by atoms with Crippen LogP contribution in [0.4, 0.5) is 4.79 Å². The first-order chi connectivity index (χ1) is 15.3. The quantitative estimate of drug-likeness (QED) is 0.348. The average molecular weight is 407 g/mol. The maximum atomic E-state index is 12.2. The zero-order valence-electron chi connectivity index (χ0n) is 16.9. The molecule has 0 saturated carbocycles. The molecule has 4 nitrogen and oxygen atoms in total. The molecule has 31 heavy (non-hydrogen) atoms. The van der Waals surface area contributed by atoms with E-state index in [0.29, 0.717) is 19.6 Å². The van der Waals surface area contributed by atoms with Crippen LogP contribution in [0.3, 0.4) is 0 Å². The van der Waals surface area contributed by atoms with Gasteiger partial charge in [0.2, 0.25) is 0 Å². The van der Waals surface area contributed by atoms with E-state index in [1.54, 1.807) is 6.26 Å². The number of para-hydroxylation sites is 1. The topological polar surface area (TPSA) is 51.5 Å². The summed E-state index contributed by atoms with van der Waals surface area (Å²) in [7, 11) is 0. The number of nitrogens with one attached hydrogen (secondary N) is 1. The number of furan rings is 1. The van der Waals surface area contributed by atoms with Crippen molar-refractivity contribution in [2.75, 3.05) is 13.2 Å². The van der Waals surface area contributed by atoms with Crippen LogP contribution in [0.25, 0.3) is 22.1 Å². The predicted octanol–water partition coefficient (Wildman–Crippen LogP) is 5.71. The number of hydrogen-bond donors (Lipinski definition) is 1. The molecule has 1 aliphatic carbocycles. The van der Waals surface area contributed by atoms with Crippen molar-refractivity contribution < 1.29 is 13.9 Å². The van der Waals surface area contributed by atoms with Crippen LogP contribution in [0.5, 0.6) is 0 Å². The number of hydrogen-bond acceptors (Lipinski definition) is 3. The summed E-state index contributed by atoms with van der Waals surface area (Å²) in [6, 6.07) is 24.4. The Morgan fingerprint density at radius 2 is 1.61 bits per heavy atom. The molecule has 1 aliphatic rings. The Kier molecular flexibility index (Phi) is 5.16. The number of rotatable bonds is 4. The van der Waals surface area contributed by atoms with E-state index in [0.717, 1.165) is 16.5 Å². The van der Waals surface area contributed by atoms with Gasteiger partial charge in [0.25, 0.3) is 0 Å². The number of carbonyl (C=O) groups is 1. The van der Waals surface area contributed by atoms with Gasteiger partial charge in [-0.3, -0.25) is 0 Å². The molecule has 1 N–H and O–H groups in total. The maximum absolute atomic E-state index is 12.2. The smallest absolute Gasteiger partial charge is 0.407 e. The third-order valence-electron chi connectivity index (χ3n) is 5.57. The fourth-order valence-corrected chi connectivity index (χ4v) is 4.11. The minimum Gasteiger partial charge on any atom is -0.463 e. The molecule has 4 aromatic rings. The molecule has 1 heterocycles. The van der Waals surface area contributed by atoms with Gasteiger partial charge in [-0.25, -0.2) is 4.79 Å². The lowest BCUT2D eigenvalue weighted by Gasteiger charge is -2.14. The Morgan fingerprint density at radius 1 is 0.935 bits per heavy atom. The number of fused-ring (bicyclic) bond motifs is 4. The largest absolute Gasteiger partial charge is 0.463 e. The average Bonchev–Trinajstić information content (AvgIpc) is 3.37. The minimum absolute atomic E-state index is 0.0623. The molecule has 0 bridgehead atoms. The first kappa shape index (κ1) is 19.0. The molecule has 152 valence electrons. The third kappa shape index (κ3) is 3.78. The Balaban J connectivity index is 1.15. The van der Waals surface area contributed by atoms with E-state index >= 15 is 0 Å². The first-order valence-electron chi connectivity index (χ1n) is 10.4. The lowest BCUT2D eigenvalue weighted by molar-refractivity contribution is 0.143. The minimum atomic E-state index is -0.419. The number of amides is 1. The van der Waals surface area contributed by atoms with Gasteiger partial charge in [0.05, 0.1) is 5.56 Å². The molecule has 3 aromatic carbocycles. The van der Waals surface area contributed by atoms with Crippen LogP contribution in [0.1, 0.15) is 29.0 Å². The summed E-state index contributed by atoms with van der Waals surface area (Å²) >= 11 is 0. The fourth-order valence-electron chi connectivity index (χ4n) is 4.11. The summed E-state index contributed by atoms with van der Waals surface area (Å²) in [6.45, 7) is 0.742. The van der Waals surface area contributed by atoms with Gasteiger partial charge in [0.1, 0.15) is 18.5 Å². The summed E-state index contributed by atoms with van der Waals surface area (Å²) in [5.41, 5.74) is 6.52. The van der Waals surface area contributed by atoms with E-state index < -0.39 is 6.09 Å². The third-order valence-corrected chi connectivity index (χ3v) is 5.57. The molecule has 1 amide bonds. The zero-order chi connectivity index (χ0) is 21.0. The highest BCUT2D eigenvalue weighted by Crippen LogP contribution is 2.44. The molecule has 5 rings (SSSR count). The van der Waals surface area contributed by atoms with Gasteiger partial charge >= 0.3 is 6.09 Å². The normalized spacial score (nSPS) is 12.0. The Labute approximate surface area is 180 Å². The van der Waals surface area contributed by atoms with Gasteiger partial charge in [-0.15, -0.1) is 0 Å².